The molecule has 4 saturated carbocycles. The molecule has 3 aromatic rings. The zero-order chi connectivity index (χ0) is 27.1. The van der Waals surface area contributed by atoms with Crippen molar-refractivity contribution in [2.45, 2.75) is 45.1 Å². The fraction of sp³-hybridized carbons (Fsp3) is 0.485. The molecule has 1 aromatic heterocycles. The Bertz CT molecular complexity index is 1330. The first kappa shape index (κ1) is 25.5. The van der Waals surface area contributed by atoms with Gasteiger partial charge in [-0.15, -0.1) is 10.2 Å². The van der Waals surface area contributed by atoms with E-state index in [2.05, 4.69) is 43.5 Å². The van der Waals surface area contributed by atoms with Crippen molar-refractivity contribution >= 4 is 11.7 Å². The molecule has 0 unspecified atom stereocenters. The minimum Gasteiger partial charge on any atom is -0.508 e. The number of amides is 1. The second kappa shape index (κ2) is 10.5. The van der Waals surface area contributed by atoms with E-state index in [0.29, 0.717) is 11.1 Å². The first-order chi connectivity index (χ1) is 19.5. The summed E-state index contributed by atoms with van der Waals surface area (Å²) in [6.45, 7) is 5.21. The van der Waals surface area contributed by atoms with Gasteiger partial charge in [0.1, 0.15) is 5.75 Å². The number of carbonyl (C=O) groups is 1. The molecule has 5 fully saturated rings. The Morgan fingerprint density at radius 3 is 2.27 bits per heavy atom. The van der Waals surface area contributed by atoms with Crippen LogP contribution in [0.5, 0.6) is 5.75 Å². The molecule has 0 radical (unpaired) electrons. The van der Waals surface area contributed by atoms with Crippen LogP contribution < -0.4 is 10.2 Å². The number of hydrogen-bond donors (Lipinski definition) is 2. The molecule has 1 amide bonds. The minimum absolute atomic E-state index is 0.0926. The van der Waals surface area contributed by atoms with E-state index in [1.54, 1.807) is 6.07 Å². The quantitative estimate of drug-likeness (QED) is 0.436. The van der Waals surface area contributed by atoms with Crippen LogP contribution in [0.15, 0.2) is 60.7 Å². The second-order valence-electron chi connectivity index (χ2n) is 12.8. The normalized spacial score (nSPS) is 27.6. The molecular weight excluding hydrogens is 498 g/mol. The molecule has 0 spiro atoms. The molecule has 1 saturated heterocycles. The molecule has 208 valence electrons. The fourth-order valence-corrected chi connectivity index (χ4v) is 8.47. The van der Waals surface area contributed by atoms with Crippen LogP contribution >= 0.6 is 0 Å². The Labute approximate surface area is 236 Å². The first-order valence-corrected chi connectivity index (χ1v) is 15.0. The zero-order valence-corrected chi connectivity index (χ0v) is 23.1. The maximum Gasteiger partial charge on any atom is 0.271 e. The van der Waals surface area contributed by atoms with Crippen LogP contribution in [-0.4, -0.2) is 58.8 Å². The number of piperazine rings is 1. The molecule has 0 atom stereocenters. The Kier molecular flexibility index (Phi) is 6.70. The van der Waals surface area contributed by atoms with E-state index < -0.39 is 0 Å². The van der Waals surface area contributed by atoms with Crippen molar-refractivity contribution in [1.29, 1.82) is 0 Å². The fourth-order valence-electron chi connectivity index (χ4n) is 8.47. The highest BCUT2D eigenvalue weighted by Crippen LogP contribution is 2.59. The third kappa shape index (κ3) is 5.19. The minimum atomic E-state index is -0.0926. The molecule has 40 heavy (non-hydrogen) atoms. The van der Waals surface area contributed by atoms with Crippen LogP contribution in [0.4, 0.5) is 5.82 Å². The number of carbonyl (C=O) groups excluding carboxylic acids is 1. The topological polar surface area (TPSA) is 81.6 Å². The summed E-state index contributed by atoms with van der Waals surface area (Å²) in [5.41, 5.74) is 4.18. The highest BCUT2D eigenvalue weighted by Gasteiger charge is 2.50. The average Bonchev–Trinajstić information content (AvgIpc) is 2.96. The lowest BCUT2D eigenvalue weighted by atomic mass is 9.49. The Morgan fingerprint density at radius 2 is 1.60 bits per heavy atom. The number of phenols is 1. The summed E-state index contributed by atoms with van der Waals surface area (Å²) in [7, 11) is 0. The number of hydrogen-bond acceptors (Lipinski definition) is 6. The predicted octanol–water partition coefficient (Wildman–Crippen LogP) is 5.12. The lowest BCUT2D eigenvalue weighted by Crippen LogP contribution is -2.51. The maximum absolute atomic E-state index is 12.9. The number of aromatic hydroxyl groups is 1. The van der Waals surface area contributed by atoms with Gasteiger partial charge in [0, 0.05) is 39.3 Å². The first-order valence-electron chi connectivity index (χ1n) is 15.0. The molecule has 7 nitrogen and oxygen atoms in total. The number of nitrogens with zero attached hydrogens (tertiary/aromatic N) is 4. The van der Waals surface area contributed by atoms with Crippen LogP contribution in [0.1, 0.15) is 54.6 Å². The highest BCUT2D eigenvalue weighted by molar-refractivity contribution is 5.92. The van der Waals surface area contributed by atoms with Crippen LogP contribution in [0.3, 0.4) is 0 Å². The molecule has 4 bridgehead atoms. The van der Waals surface area contributed by atoms with E-state index in [0.717, 1.165) is 74.0 Å². The molecular formula is C33H39N5O2. The maximum atomic E-state index is 12.9. The lowest BCUT2D eigenvalue weighted by Gasteiger charge is -2.56. The van der Waals surface area contributed by atoms with Crippen molar-refractivity contribution in [2.75, 3.05) is 37.6 Å². The van der Waals surface area contributed by atoms with Gasteiger partial charge in [-0.2, -0.15) is 0 Å². The summed E-state index contributed by atoms with van der Waals surface area (Å²) in [6.07, 6.45) is 8.12. The van der Waals surface area contributed by atoms with Gasteiger partial charge in [-0.25, -0.2) is 0 Å². The van der Waals surface area contributed by atoms with Gasteiger partial charge >= 0.3 is 0 Å². The third-order valence-corrected chi connectivity index (χ3v) is 9.94. The summed E-state index contributed by atoms with van der Waals surface area (Å²) in [6, 6.07) is 19.7. The van der Waals surface area contributed by atoms with E-state index in [-0.39, 0.29) is 11.7 Å². The van der Waals surface area contributed by atoms with Gasteiger partial charge in [-0.1, -0.05) is 36.4 Å². The molecule has 4 aliphatic carbocycles. The van der Waals surface area contributed by atoms with E-state index in [9.17, 15) is 9.90 Å². The molecule has 2 aromatic carbocycles. The predicted molar refractivity (Wildman–Crippen MR) is 156 cm³/mol. The second-order valence-corrected chi connectivity index (χ2v) is 12.8. The average molecular weight is 538 g/mol. The van der Waals surface area contributed by atoms with Crippen LogP contribution in [0, 0.1) is 23.2 Å². The van der Waals surface area contributed by atoms with Crippen molar-refractivity contribution in [3.63, 3.8) is 0 Å². The Hall–Kier alpha value is -3.45. The van der Waals surface area contributed by atoms with Gasteiger partial charge in [-0.05, 0) is 103 Å². The summed E-state index contributed by atoms with van der Waals surface area (Å²) < 4.78 is 0. The van der Waals surface area contributed by atoms with E-state index >= 15 is 0 Å². The Balaban J connectivity index is 0.929. The molecule has 1 aliphatic heterocycles. The van der Waals surface area contributed by atoms with E-state index in [4.69, 9.17) is 0 Å². The molecule has 2 N–H and O–H groups in total. The molecule has 8 rings (SSSR count). The van der Waals surface area contributed by atoms with E-state index in [1.807, 2.05) is 36.4 Å². The summed E-state index contributed by atoms with van der Waals surface area (Å²) in [4.78, 5) is 17.7. The van der Waals surface area contributed by atoms with Gasteiger partial charge in [-0.3, -0.25) is 9.69 Å². The largest absolute Gasteiger partial charge is 0.508 e. The third-order valence-electron chi connectivity index (χ3n) is 9.94. The molecule has 7 heteroatoms. The number of nitrogens with one attached hydrogen (secondary N) is 1. The smallest absolute Gasteiger partial charge is 0.271 e. The number of anilines is 1. The van der Waals surface area contributed by atoms with Crippen molar-refractivity contribution < 1.29 is 9.90 Å². The zero-order valence-electron chi connectivity index (χ0n) is 23.1. The van der Waals surface area contributed by atoms with Crippen molar-refractivity contribution in [2.24, 2.45) is 23.2 Å². The summed E-state index contributed by atoms with van der Waals surface area (Å²) in [5.74, 6) is 3.68. The van der Waals surface area contributed by atoms with Gasteiger partial charge in [0.2, 0.25) is 0 Å². The van der Waals surface area contributed by atoms with Gasteiger partial charge in [0.15, 0.2) is 11.5 Å². The van der Waals surface area contributed by atoms with Crippen molar-refractivity contribution in [3.05, 3.63) is 71.9 Å². The van der Waals surface area contributed by atoms with Gasteiger partial charge in [0.05, 0.1) is 0 Å². The van der Waals surface area contributed by atoms with Crippen LogP contribution in [0.2, 0.25) is 0 Å². The van der Waals surface area contributed by atoms with Crippen LogP contribution in [0.25, 0.3) is 11.1 Å². The summed E-state index contributed by atoms with van der Waals surface area (Å²) in [5, 5.41) is 21.9. The Morgan fingerprint density at radius 1 is 0.875 bits per heavy atom. The SMILES string of the molecule is O=C(NCC12CC3CC(CC(C3)C1)C2)c1ccc(N2CCN(Cc3ccccc3-c3cccc(O)c3)CC2)nn1. The van der Waals surface area contributed by atoms with Crippen molar-refractivity contribution in [1.82, 2.24) is 20.4 Å². The van der Waals surface area contributed by atoms with Crippen molar-refractivity contribution in [3.8, 4) is 16.9 Å². The molecule has 2 heterocycles. The highest BCUT2D eigenvalue weighted by atomic mass is 16.3. The van der Waals surface area contributed by atoms with Gasteiger partial charge < -0.3 is 15.3 Å². The standard InChI is InChI=1S/C33H39N5O2/c39-28-6-3-5-26(17-28)29-7-2-1-4-27(29)21-37-10-12-38(13-11-37)31-9-8-30(35-36-31)32(40)34-22-33-18-23-14-24(19-33)16-25(15-23)20-33/h1-9,17,23-25,39H,10-16,18-22H2,(H,34,40). The number of benzene rings is 2. The van der Waals surface area contributed by atoms with E-state index in [1.165, 1.54) is 44.1 Å². The monoisotopic (exact) mass is 537 g/mol. The van der Waals surface area contributed by atoms with Crippen LogP contribution in [-0.2, 0) is 6.54 Å². The number of rotatable bonds is 7. The molecule has 5 aliphatic rings. The van der Waals surface area contributed by atoms with Gasteiger partial charge in [0.25, 0.3) is 5.91 Å². The summed E-state index contributed by atoms with van der Waals surface area (Å²) >= 11 is 0. The number of aromatic nitrogens is 2. The lowest BCUT2D eigenvalue weighted by molar-refractivity contribution is -0.0503. The number of phenolic OH excluding ortho intramolecular Hbond substituents is 1.